The van der Waals surface area contributed by atoms with Gasteiger partial charge in [0, 0.05) is 28.4 Å². The predicted molar refractivity (Wildman–Crippen MR) is 78.1 cm³/mol. The maximum atomic E-state index is 11.3. The molecule has 1 radical (unpaired) electrons. The molecule has 0 atom stereocenters. The Balaban J connectivity index is 0.00000242. The van der Waals surface area contributed by atoms with E-state index < -0.39 is 14.9 Å². The van der Waals surface area contributed by atoms with Crippen molar-refractivity contribution in [2.24, 2.45) is 0 Å². The Morgan fingerprint density at radius 3 is 2.32 bits per heavy atom. The molecule has 0 fully saturated rings. The molecule has 0 spiro atoms. The molecule has 0 saturated heterocycles. The Hall–Kier alpha value is -1.87. The van der Waals surface area contributed by atoms with Gasteiger partial charge in [0.05, 0.1) is 22.9 Å². The second kappa shape index (κ2) is 7.41. The van der Waals surface area contributed by atoms with Gasteiger partial charge in [-0.25, -0.2) is 8.42 Å². The van der Waals surface area contributed by atoms with E-state index in [1.807, 2.05) is 0 Å². The van der Waals surface area contributed by atoms with E-state index in [9.17, 15) is 18.5 Å². The largest absolute Gasteiger partial charge is 0.455 e. The number of non-ortho nitro benzene ring substituents is 1. The number of sulfonamides is 1. The summed E-state index contributed by atoms with van der Waals surface area (Å²) in [5, 5.41) is 10.8. The summed E-state index contributed by atoms with van der Waals surface area (Å²) in [7, 11) is -3.52. The summed E-state index contributed by atoms with van der Waals surface area (Å²) in [5.41, 5.74) is -0.0630. The van der Waals surface area contributed by atoms with Gasteiger partial charge < -0.3 is 4.74 Å². The fraction of sp³-hybridized carbons (Fsp3) is 0.0769. The number of nitrogens with zero attached hydrogens (tertiary/aromatic N) is 1. The third-order valence-electron chi connectivity index (χ3n) is 2.44. The molecule has 0 aliphatic heterocycles. The van der Waals surface area contributed by atoms with Crippen molar-refractivity contribution in [3.8, 4) is 11.5 Å². The number of para-hydroxylation sites is 1. The van der Waals surface area contributed by atoms with Gasteiger partial charge in [-0.15, -0.1) is 0 Å². The topological polar surface area (TPSA) is 98.5 Å². The zero-order chi connectivity index (χ0) is 15.5. The van der Waals surface area contributed by atoms with Crippen LogP contribution in [0.5, 0.6) is 11.5 Å². The Bertz CT molecular complexity index is 765. The third kappa shape index (κ3) is 5.15. The van der Waals surface area contributed by atoms with Crippen LogP contribution in [0.1, 0.15) is 0 Å². The van der Waals surface area contributed by atoms with Gasteiger partial charge in [0.15, 0.2) is 5.75 Å². The molecular formula is C13H12AgN2O5S. The van der Waals surface area contributed by atoms with Gasteiger partial charge in [-0.05, 0) is 18.2 Å². The maximum absolute atomic E-state index is 11.3. The van der Waals surface area contributed by atoms with Gasteiger partial charge in [0.1, 0.15) is 5.75 Å². The van der Waals surface area contributed by atoms with Crippen LogP contribution in [0.3, 0.4) is 0 Å². The normalized spacial score (nSPS) is 10.4. The molecule has 0 aliphatic carbocycles. The van der Waals surface area contributed by atoms with Gasteiger partial charge >= 0.3 is 0 Å². The minimum atomic E-state index is -3.52. The first kappa shape index (κ1) is 18.2. The zero-order valence-electron chi connectivity index (χ0n) is 11.3. The standard InChI is InChI=1S/C13H12N2O5S.Ag/c1-21(18,19)14-12-8-7-10(15(16)17)9-13(12)20-11-5-3-2-4-6-11;/h2-9,14H,1H3;. The maximum Gasteiger partial charge on any atom is 0.273 e. The molecule has 1 N–H and O–H groups in total. The summed E-state index contributed by atoms with van der Waals surface area (Å²) in [4.78, 5) is 10.2. The van der Waals surface area contributed by atoms with Gasteiger partial charge in [0.2, 0.25) is 10.0 Å². The number of ether oxygens (including phenoxy) is 1. The van der Waals surface area contributed by atoms with Crippen LogP contribution in [0.2, 0.25) is 0 Å². The number of benzene rings is 2. The summed E-state index contributed by atoms with van der Waals surface area (Å²) < 4.78 is 30.4. The van der Waals surface area contributed by atoms with Crippen LogP contribution < -0.4 is 9.46 Å². The summed E-state index contributed by atoms with van der Waals surface area (Å²) in [6.45, 7) is 0. The van der Waals surface area contributed by atoms with E-state index in [4.69, 9.17) is 4.74 Å². The summed E-state index contributed by atoms with van der Waals surface area (Å²) >= 11 is 0. The van der Waals surface area contributed by atoms with Crippen LogP contribution in [0, 0.1) is 10.1 Å². The van der Waals surface area contributed by atoms with Gasteiger partial charge in [-0.1, -0.05) is 18.2 Å². The average molecular weight is 416 g/mol. The van der Waals surface area contributed by atoms with Crippen LogP contribution in [0.25, 0.3) is 0 Å². The molecule has 0 amide bonds. The molecule has 121 valence electrons. The number of nitro groups is 1. The van der Waals surface area contributed by atoms with E-state index >= 15 is 0 Å². The predicted octanol–water partition coefficient (Wildman–Crippen LogP) is 2.76. The Labute approximate surface area is 143 Å². The summed E-state index contributed by atoms with van der Waals surface area (Å²) in [6, 6.07) is 12.2. The van der Waals surface area contributed by atoms with Crippen LogP contribution in [-0.2, 0) is 32.4 Å². The van der Waals surface area contributed by atoms with Crippen molar-refractivity contribution < 1.29 is 40.5 Å². The van der Waals surface area contributed by atoms with E-state index in [2.05, 4.69) is 4.72 Å². The van der Waals surface area contributed by atoms with Crippen molar-refractivity contribution in [3.05, 3.63) is 58.6 Å². The fourth-order valence-corrected chi connectivity index (χ4v) is 2.18. The molecule has 2 aromatic rings. The molecule has 0 heterocycles. The first-order valence-corrected chi connectivity index (χ1v) is 7.73. The van der Waals surface area contributed by atoms with Crippen molar-refractivity contribution in [2.45, 2.75) is 0 Å². The molecule has 9 heteroatoms. The van der Waals surface area contributed by atoms with Crippen LogP contribution in [0.15, 0.2) is 48.5 Å². The first-order chi connectivity index (χ1) is 9.85. The van der Waals surface area contributed by atoms with Crippen LogP contribution in [-0.4, -0.2) is 19.6 Å². The third-order valence-corrected chi connectivity index (χ3v) is 3.03. The molecule has 0 unspecified atom stereocenters. The second-order valence-electron chi connectivity index (χ2n) is 4.23. The number of rotatable bonds is 5. The second-order valence-corrected chi connectivity index (χ2v) is 5.98. The molecule has 2 aromatic carbocycles. The number of hydrogen-bond acceptors (Lipinski definition) is 5. The molecular weight excluding hydrogens is 404 g/mol. The Morgan fingerprint density at radius 1 is 1.14 bits per heavy atom. The fourth-order valence-electron chi connectivity index (χ4n) is 1.61. The van der Waals surface area contributed by atoms with E-state index in [0.29, 0.717) is 5.75 Å². The van der Waals surface area contributed by atoms with Crippen LogP contribution >= 0.6 is 0 Å². The van der Waals surface area contributed by atoms with Crippen molar-refractivity contribution in [2.75, 3.05) is 11.0 Å². The molecule has 0 aliphatic rings. The number of anilines is 1. The molecule has 0 aromatic heterocycles. The molecule has 22 heavy (non-hydrogen) atoms. The molecule has 0 saturated carbocycles. The molecule has 7 nitrogen and oxygen atoms in total. The minimum absolute atomic E-state index is 0. The number of hydrogen-bond donors (Lipinski definition) is 1. The minimum Gasteiger partial charge on any atom is -0.455 e. The van der Waals surface area contributed by atoms with Crippen molar-refractivity contribution in [1.29, 1.82) is 0 Å². The smallest absolute Gasteiger partial charge is 0.273 e. The first-order valence-electron chi connectivity index (χ1n) is 5.84. The summed E-state index contributed by atoms with van der Waals surface area (Å²) in [6.07, 6.45) is 0.987. The molecule has 2 rings (SSSR count). The van der Waals surface area contributed by atoms with E-state index in [0.717, 1.165) is 6.26 Å². The van der Waals surface area contributed by atoms with E-state index in [1.54, 1.807) is 30.3 Å². The van der Waals surface area contributed by atoms with Crippen molar-refractivity contribution in [1.82, 2.24) is 0 Å². The molecule has 0 bridgehead atoms. The van der Waals surface area contributed by atoms with Gasteiger partial charge in [0.25, 0.3) is 5.69 Å². The monoisotopic (exact) mass is 415 g/mol. The Morgan fingerprint density at radius 2 is 1.77 bits per heavy atom. The average Bonchev–Trinajstić information content (AvgIpc) is 2.40. The number of nitrogens with one attached hydrogen (secondary N) is 1. The van der Waals surface area contributed by atoms with E-state index in [-0.39, 0.29) is 39.5 Å². The van der Waals surface area contributed by atoms with Crippen molar-refractivity contribution in [3.63, 3.8) is 0 Å². The van der Waals surface area contributed by atoms with E-state index in [1.165, 1.54) is 18.2 Å². The van der Waals surface area contributed by atoms with Crippen molar-refractivity contribution >= 4 is 21.4 Å². The van der Waals surface area contributed by atoms with Gasteiger partial charge in [-0.3, -0.25) is 14.8 Å². The zero-order valence-corrected chi connectivity index (χ0v) is 13.6. The quantitative estimate of drug-likeness (QED) is 0.459. The van der Waals surface area contributed by atoms with Gasteiger partial charge in [-0.2, -0.15) is 0 Å². The Kier molecular flexibility index (Phi) is 6.12. The SMILES string of the molecule is CS(=O)(=O)Nc1ccc([N+](=O)[O-])cc1Oc1ccccc1.[Ag]. The summed E-state index contributed by atoms with van der Waals surface area (Å²) in [5.74, 6) is 0.496. The number of nitro benzene ring substituents is 1. The van der Waals surface area contributed by atoms with Crippen LogP contribution in [0.4, 0.5) is 11.4 Å².